The van der Waals surface area contributed by atoms with E-state index in [9.17, 15) is 14.4 Å². The Morgan fingerprint density at radius 1 is 1.00 bits per heavy atom. The molecule has 1 atom stereocenters. The molecule has 7 nitrogen and oxygen atoms in total. The lowest BCUT2D eigenvalue weighted by Crippen LogP contribution is -3.29. The van der Waals surface area contributed by atoms with E-state index in [0.29, 0.717) is 19.4 Å². The number of piperazine rings is 1. The van der Waals surface area contributed by atoms with Crippen LogP contribution < -0.4 is 14.7 Å². The molecule has 3 aliphatic rings. The maximum Gasteiger partial charge on any atom is 0.288 e. The van der Waals surface area contributed by atoms with Crippen molar-refractivity contribution in [3.63, 3.8) is 0 Å². The first-order chi connectivity index (χ1) is 13.0. The predicted octanol–water partition coefficient (Wildman–Crippen LogP) is -2.15. The number of likely N-dealkylation sites (N-methyl/N-ethyl adjacent to an activating group) is 1. The summed E-state index contributed by atoms with van der Waals surface area (Å²) in [6, 6.07) is 7.44. The van der Waals surface area contributed by atoms with E-state index in [4.69, 9.17) is 0 Å². The summed E-state index contributed by atoms with van der Waals surface area (Å²) >= 11 is 0. The molecule has 3 fully saturated rings. The van der Waals surface area contributed by atoms with Gasteiger partial charge in [0.1, 0.15) is 26.2 Å². The molecule has 4 rings (SSSR count). The molecule has 0 saturated carbocycles. The van der Waals surface area contributed by atoms with Gasteiger partial charge >= 0.3 is 0 Å². The number of hydrogen-bond donors (Lipinski definition) is 2. The van der Waals surface area contributed by atoms with E-state index in [1.165, 1.54) is 14.7 Å². The molecule has 3 saturated heterocycles. The van der Waals surface area contributed by atoms with E-state index in [0.717, 1.165) is 50.4 Å². The fourth-order valence-electron chi connectivity index (χ4n) is 4.40. The highest BCUT2D eigenvalue weighted by molar-refractivity contribution is 6.04. The largest absolute Gasteiger partial charge is 0.328 e. The summed E-state index contributed by atoms with van der Waals surface area (Å²) in [6.07, 6.45) is 1.83. The molecule has 0 spiro atoms. The number of carbonyl (C=O) groups excluding carboxylic acids is 3. The maximum absolute atomic E-state index is 12.8. The Kier molecular flexibility index (Phi) is 4.97. The minimum atomic E-state index is -0.216. The van der Waals surface area contributed by atoms with Crippen molar-refractivity contribution in [1.29, 1.82) is 0 Å². The molecule has 27 heavy (non-hydrogen) atoms. The zero-order chi connectivity index (χ0) is 19.0. The average Bonchev–Trinajstić information content (AvgIpc) is 3.21. The van der Waals surface area contributed by atoms with E-state index in [1.54, 1.807) is 4.90 Å². The van der Waals surface area contributed by atoms with Gasteiger partial charge in [-0.05, 0) is 24.1 Å². The monoisotopic (exact) mass is 372 g/mol. The number of imide groups is 1. The number of nitrogens with one attached hydrogen (secondary N) is 2. The normalized spacial score (nSPS) is 29.1. The number of hydrogen-bond acceptors (Lipinski definition) is 3. The molecule has 3 amide bonds. The van der Waals surface area contributed by atoms with Gasteiger partial charge in [-0.25, -0.2) is 0 Å². The number of carbonyl (C=O) groups is 3. The van der Waals surface area contributed by atoms with Crippen molar-refractivity contribution in [2.24, 2.45) is 0 Å². The molecule has 2 N–H and O–H groups in total. The van der Waals surface area contributed by atoms with E-state index in [1.807, 2.05) is 24.3 Å². The van der Waals surface area contributed by atoms with Crippen LogP contribution in [0.25, 0.3) is 0 Å². The van der Waals surface area contributed by atoms with Gasteiger partial charge in [0.2, 0.25) is 11.8 Å². The molecule has 0 aliphatic carbocycles. The maximum atomic E-state index is 12.8. The molecule has 3 heterocycles. The SMILES string of the molecule is C[NH+]1CC[NH+]([C@H]2CC(=O)N(Cc3ccc(N4CCCC4=O)cc3)C2=O)CC1. The Balaban J connectivity index is 1.41. The van der Waals surface area contributed by atoms with E-state index >= 15 is 0 Å². The molecule has 0 unspecified atom stereocenters. The first kappa shape index (κ1) is 18.1. The highest BCUT2D eigenvalue weighted by Crippen LogP contribution is 2.23. The number of anilines is 1. The molecule has 1 aromatic carbocycles. The lowest BCUT2D eigenvalue weighted by molar-refractivity contribution is -1.01. The van der Waals surface area contributed by atoms with Gasteiger partial charge in [0.05, 0.1) is 20.0 Å². The van der Waals surface area contributed by atoms with Crippen LogP contribution in [0.4, 0.5) is 5.69 Å². The summed E-state index contributed by atoms with van der Waals surface area (Å²) in [7, 11) is 2.17. The predicted molar refractivity (Wildman–Crippen MR) is 99.3 cm³/mol. The second-order valence-corrected chi connectivity index (χ2v) is 8.01. The molecule has 0 aromatic heterocycles. The van der Waals surface area contributed by atoms with Gasteiger partial charge in [-0.15, -0.1) is 0 Å². The zero-order valence-electron chi connectivity index (χ0n) is 15.9. The van der Waals surface area contributed by atoms with Crippen molar-refractivity contribution in [3.05, 3.63) is 29.8 Å². The van der Waals surface area contributed by atoms with Crippen LogP contribution in [0.1, 0.15) is 24.8 Å². The standard InChI is InChI=1S/C20H26N4O3/c1-21-9-11-22(12-10-21)17-13-19(26)24(20(17)27)14-15-4-6-16(7-5-15)23-8-2-3-18(23)25/h4-7,17H,2-3,8-14H2,1H3/p+2/t17-/m0/s1. The van der Waals surface area contributed by atoms with Crippen molar-refractivity contribution in [2.45, 2.75) is 31.8 Å². The van der Waals surface area contributed by atoms with Gasteiger partial charge in [-0.1, -0.05) is 12.1 Å². The Morgan fingerprint density at radius 3 is 2.33 bits per heavy atom. The molecular formula is C20H28N4O3+2. The fraction of sp³-hybridized carbons (Fsp3) is 0.550. The number of amides is 3. The van der Waals surface area contributed by atoms with Gasteiger partial charge in [-0.2, -0.15) is 0 Å². The summed E-state index contributed by atoms with van der Waals surface area (Å²) in [5.74, 6) is 0.0587. The molecule has 0 radical (unpaired) electrons. The van der Waals surface area contributed by atoms with E-state index in [2.05, 4.69) is 7.05 Å². The lowest BCUT2D eigenvalue weighted by Gasteiger charge is -2.30. The summed E-state index contributed by atoms with van der Waals surface area (Å²) in [6.45, 7) is 5.07. The van der Waals surface area contributed by atoms with Gasteiger partial charge in [0.25, 0.3) is 5.91 Å². The minimum Gasteiger partial charge on any atom is -0.328 e. The number of rotatable bonds is 4. The highest BCUT2D eigenvalue weighted by atomic mass is 16.2. The average molecular weight is 372 g/mol. The third-order valence-electron chi connectivity index (χ3n) is 6.14. The smallest absolute Gasteiger partial charge is 0.288 e. The summed E-state index contributed by atoms with van der Waals surface area (Å²) in [5, 5.41) is 0. The van der Waals surface area contributed by atoms with Crippen LogP contribution in [0.3, 0.4) is 0 Å². The fourth-order valence-corrected chi connectivity index (χ4v) is 4.40. The first-order valence-corrected chi connectivity index (χ1v) is 9.92. The Bertz CT molecular complexity index is 740. The Morgan fingerprint density at radius 2 is 1.70 bits per heavy atom. The second-order valence-electron chi connectivity index (χ2n) is 8.01. The molecule has 1 aromatic rings. The van der Waals surface area contributed by atoms with Crippen LogP contribution in [0.5, 0.6) is 0 Å². The van der Waals surface area contributed by atoms with Crippen molar-refractivity contribution in [1.82, 2.24) is 4.90 Å². The van der Waals surface area contributed by atoms with Crippen LogP contribution in [0.2, 0.25) is 0 Å². The third-order valence-corrected chi connectivity index (χ3v) is 6.14. The van der Waals surface area contributed by atoms with Crippen molar-refractivity contribution < 1.29 is 24.2 Å². The Hall–Kier alpha value is -2.25. The highest BCUT2D eigenvalue weighted by Gasteiger charge is 2.45. The molecule has 3 aliphatic heterocycles. The topological polar surface area (TPSA) is 66.6 Å². The van der Waals surface area contributed by atoms with Crippen LogP contribution in [-0.2, 0) is 20.9 Å². The Labute approximate surface area is 159 Å². The van der Waals surface area contributed by atoms with Crippen molar-refractivity contribution >= 4 is 23.4 Å². The number of quaternary nitrogens is 2. The summed E-state index contributed by atoms with van der Waals surface area (Å²) < 4.78 is 0. The number of benzene rings is 1. The van der Waals surface area contributed by atoms with Crippen molar-refractivity contribution in [3.8, 4) is 0 Å². The van der Waals surface area contributed by atoms with Gasteiger partial charge < -0.3 is 14.7 Å². The third kappa shape index (κ3) is 3.61. The molecule has 144 valence electrons. The van der Waals surface area contributed by atoms with Gasteiger partial charge in [0.15, 0.2) is 6.04 Å². The lowest BCUT2D eigenvalue weighted by atomic mass is 10.1. The summed E-state index contributed by atoms with van der Waals surface area (Å²) in [5.41, 5.74) is 1.81. The molecular weight excluding hydrogens is 344 g/mol. The second kappa shape index (κ2) is 7.40. The van der Waals surface area contributed by atoms with Crippen LogP contribution in [-0.4, -0.2) is 68.4 Å². The van der Waals surface area contributed by atoms with Crippen LogP contribution in [0, 0.1) is 0 Å². The number of nitrogens with zero attached hydrogens (tertiary/aromatic N) is 2. The minimum absolute atomic E-state index is 0.0339. The zero-order valence-corrected chi connectivity index (χ0v) is 15.9. The van der Waals surface area contributed by atoms with Gasteiger partial charge in [-0.3, -0.25) is 19.3 Å². The quantitative estimate of drug-likeness (QED) is 0.593. The summed E-state index contributed by atoms with van der Waals surface area (Å²) in [4.78, 5) is 43.1. The number of likely N-dealkylation sites (tertiary alicyclic amines) is 1. The van der Waals surface area contributed by atoms with E-state index in [-0.39, 0.29) is 23.8 Å². The first-order valence-electron chi connectivity index (χ1n) is 9.92. The van der Waals surface area contributed by atoms with Crippen molar-refractivity contribution in [2.75, 3.05) is 44.7 Å². The van der Waals surface area contributed by atoms with E-state index < -0.39 is 0 Å². The van der Waals surface area contributed by atoms with Crippen LogP contribution >= 0.6 is 0 Å². The molecule has 0 bridgehead atoms. The van der Waals surface area contributed by atoms with Gasteiger partial charge in [0, 0.05) is 18.7 Å². The van der Waals surface area contributed by atoms with Crippen LogP contribution in [0.15, 0.2) is 24.3 Å². The molecule has 7 heteroatoms.